The third kappa shape index (κ3) is 4.05. The van der Waals surface area contributed by atoms with Crippen molar-refractivity contribution >= 4 is 21.8 Å². The number of benzene rings is 1. The van der Waals surface area contributed by atoms with E-state index in [9.17, 15) is 18.0 Å². The highest BCUT2D eigenvalue weighted by Gasteiger charge is 2.37. The van der Waals surface area contributed by atoms with Crippen LogP contribution in [0.2, 0.25) is 0 Å². The summed E-state index contributed by atoms with van der Waals surface area (Å²) in [6.07, 6.45) is 0.399. The zero-order chi connectivity index (χ0) is 18.0. The smallest absolute Gasteiger partial charge is 0.335 e. The van der Waals surface area contributed by atoms with Crippen LogP contribution >= 0.6 is 0 Å². The number of urea groups is 1. The van der Waals surface area contributed by atoms with Crippen LogP contribution in [0.3, 0.4) is 0 Å². The van der Waals surface area contributed by atoms with E-state index in [0.717, 1.165) is 5.56 Å². The van der Waals surface area contributed by atoms with Crippen molar-refractivity contribution in [3.63, 3.8) is 0 Å². The first-order valence-corrected chi connectivity index (χ1v) is 9.35. The maximum Gasteiger partial charge on any atom is 0.335 e. The van der Waals surface area contributed by atoms with Crippen LogP contribution in [0.25, 0.3) is 0 Å². The van der Waals surface area contributed by atoms with Crippen LogP contribution in [0.15, 0.2) is 24.3 Å². The molecule has 2 rings (SSSR count). The van der Waals surface area contributed by atoms with Gasteiger partial charge in [0.1, 0.15) is 0 Å². The van der Waals surface area contributed by atoms with Crippen LogP contribution < -0.4 is 5.32 Å². The molecule has 1 aromatic rings. The number of nitrogens with one attached hydrogen (secondary N) is 1. The van der Waals surface area contributed by atoms with Gasteiger partial charge in [-0.05, 0) is 38.0 Å². The highest BCUT2D eigenvalue weighted by Crippen LogP contribution is 2.25. The number of carbonyl (C=O) groups is 2. The average Bonchev–Trinajstić information content (AvgIpc) is 2.62. The maximum absolute atomic E-state index is 12.2. The van der Waals surface area contributed by atoms with Crippen molar-refractivity contribution in [3.05, 3.63) is 35.4 Å². The molecular formula is C16H22N2O5S. The van der Waals surface area contributed by atoms with Gasteiger partial charge in [0.25, 0.3) is 0 Å². The van der Waals surface area contributed by atoms with Gasteiger partial charge in [0, 0.05) is 19.6 Å². The Hall–Kier alpha value is -2.09. The lowest BCUT2D eigenvalue weighted by Gasteiger charge is -2.22. The Morgan fingerprint density at radius 2 is 1.83 bits per heavy atom. The Morgan fingerprint density at radius 1 is 1.21 bits per heavy atom. The summed E-state index contributed by atoms with van der Waals surface area (Å²) < 4.78 is 23.5. The van der Waals surface area contributed by atoms with Gasteiger partial charge in [0.2, 0.25) is 0 Å². The van der Waals surface area contributed by atoms with Crippen LogP contribution in [0.4, 0.5) is 4.79 Å². The van der Waals surface area contributed by atoms with E-state index in [-0.39, 0.29) is 30.4 Å². The van der Waals surface area contributed by atoms with Crippen molar-refractivity contribution in [3.8, 4) is 0 Å². The summed E-state index contributed by atoms with van der Waals surface area (Å²) in [6, 6.07) is 5.92. The fraction of sp³-hybridized carbons (Fsp3) is 0.500. The molecule has 1 saturated heterocycles. The molecule has 0 aliphatic carbocycles. The predicted octanol–water partition coefficient (Wildman–Crippen LogP) is 1.49. The number of carboxylic acid groups (broad SMARTS) is 1. The second-order valence-electron chi connectivity index (χ2n) is 6.48. The number of aromatic carboxylic acids is 1. The van der Waals surface area contributed by atoms with Crippen molar-refractivity contribution < 1.29 is 23.1 Å². The van der Waals surface area contributed by atoms with Crippen molar-refractivity contribution in [1.82, 2.24) is 10.2 Å². The van der Waals surface area contributed by atoms with Crippen LogP contribution in [0, 0.1) is 0 Å². The quantitative estimate of drug-likeness (QED) is 0.856. The topological polar surface area (TPSA) is 104 Å². The molecule has 8 heteroatoms. The van der Waals surface area contributed by atoms with Gasteiger partial charge in [-0.3, -0.25) is 0 Å². The van der Waals surface area contributed by atoms with Gasteiger partial charge in [-0.1, -0.05) is 12.1 Å². The summed E-state index contributed by atoms with van der Waals surface area (Å²) in [5, 5.41) is 11.6. The first-order chi connectivity index (χ1) is 11.1. The number of amides is 2. The molecule has 1 aliphatic rings. The first-order valence-electron chi connectivity index (χ1n) is 7.70. The Labute approximate surface area is 141 Å². The molecule has 132 valence electrons. The van der Waals surface area contributed by atoms with Gasteiger partial charge in [0.05, 0.1) is 16.1 Å². The lowest BCUT2D eigenvalue weighted by molar-refractivity contribution is 0.0697. The van der Waals surface area contributed by atoms with E-state index < -0.39 is 20.6 Å². The fourth-order valence-electron chi connectivity index (χ4n) is 2.44. The molecule has 24 heavy (non-hydrogen) atoms. The van der Waals surface area contributed by atoms with Crippen molar-refractivity contribution in [2.24, 2.45) is 0 Å². The zero-order valence-corrected chi connectivity index (χ0v) is 14.6. The Kier molecular flexibility index (Phi) is 5.17. The number of carboxylic acids is 1. The number of carbonyl (C=O) groups excluding carboxylic acids is 1. The second kappa shape index (κ2) is 6.80. The minimum Gasteiger partial charge on any atom is -0.478 e. The maximum atomic E-state index is 12.2. The molecule has 0 saturated carbocycles. The number of hydrogen-bond donors (Lipinski definition) is 2. The van der Waals surface area contributed by atoms with Crippen LogP contribution in [-0.2, 0) is 16.4 Å². The molecule has 0 radical (unpaired) electrons. The molecule has 7 nitrogen and oxygen atoms in total. The summed E-state index contributed by atoms with van der Waals surface area (Å²) in [7, 11) is -3.22. The van der Waals surface area contributed by atoms with E-state index in [2.05, 4.69) is 5.32 Å². The number of sulfone groups is 1. The van der Waals surface area contributed by atoms with E-state index in [1.165, 1.54) is 17.0 Å². The monoisotopic (exact) mass is 354 g/mol. The molecule has 1 heterocycles. The summed E-state index contributed by atoms with van der Waals surface area (Å²) in [4.78, 5) is 24.6. The molecule has 2 N–H and O–H groups in total. The van der Waals surface area contributed by atoms with Crippen molar-refractivity contribution in [2.75, 3.05) is 18.8 Å². The lowest BCUT2D eigenvalue weighted by atomic mass is 10.1. The van der Waals surface area contributed by atoms with Gasteiger partial charge in [-0.25, -0.2) is 18.0 Å². The molecule has 1 aliphatic heterocycles. The van der Waals surface area contributed by atoms with Crippen molar-refractivity contribution in [1.29, 1.82) is 0 Å². The zero-order valence-electron chi connectivity index (χ0n) is 13.8. The largest absolute Gasteiger partial charge is 0.478 e. The molecule has 1 fully saturated rings. The molecule has 2 amide bonds. The molecule has 0 spiro atoms. The van der Waals surface area contributed by atoms with Gasteiger partial charge in [0.15, 0.2) is 9.84 Å². The van der Waals surface area contributed by atoms with E-state index >= 15 is 0 Å². The standard InChI is InChI=1S/C16H22N2O5S/c1-16(2)7-8-18(9-10-24(16,22)23)15(21)17-11-12-3-5-13(6-4-12)14(19)20/h3-6H,7-11H2,1-2H3,(H,17,21)(H,19,20). The first kappa shape index (κ1) is 18.3. The van der Waals surface area contributed by atoms with E-state index in [0.29, 0.717) is 13.0 Å². The molecule has 0 bridgehead atoms. The van der Waals surface area contributed by atoms with Gasteiger partial charge < -0.3 is 15.3 Å². The lowest BCUT2D eigenvalue weighted by Crippen LogP contribution is -2.41. The third-order valence-electron chi connectivity index (χ3n) is 4.39. The highest BCUT2D eigenvalue weighted by molar-refractivity contribution is 7.92. The minimum absolute atomic E-state index is 0.0409. The summed E-state index contributed by atoms with van der Waals surface area (Å²) >= 11 is 0. The van der Waals surface area contributed by atoms with Gasteiger partial charge in [-0.2, -0.15) is 0 Å². The van der Waals surface area contributed by atoms with Gasteiger partial charge >= 0.3 is 12.0 Å². The van der Waals surface area contributed by atoms with Crippen LogP contribution in [0.1, 0.15) is 36.2 Å². The summed E-state index contributed by atoms with van der Waals surface area (Å²) in [6.45, 7) is 4.19. The third-order valence-corrected chi connectivity index (χ3v) is 7.00. The van der Waals surface area contributed by atoms with Crippen LogP contribution in [0.5, 0.6) is 0 Å². The van der Waals surface area contributed by atoms with Gasteiger partial charge in [-0.15, -0.1) is 0 Å². The van der Waals surface area contributed by atoms with Crippen LogP contribution in [-0.4, -0.2) is 54.0 Å². The van der Waals surface area contributed by atoms with Crippen molar-refractivity contribution in [2.45, 2.75) is 31.6 Å². The van der Waals surface area contributed by atoms with E-state index in [4.69, 9.17) is 5.11 Å². The molecule has 0 atom stereocenters. The SMILES string of the molecule is CC1(C)CCN(C(=O)NCc2ccc(C(=O)O)cc2)CCS1(=O)=O. The summed E-state index contributed by atoms with van der Waals surface area (Å²) in [5.74, 6) is -1.04. The Balaban J connectivity index is 1.94. The number of rotatable bonds is 3. The normalized spacial score (nSPS) is 19.3. The fourth-order valence-corrected chi connectivity index (χ4v) is 3.85. The Bertz CT molecular complexity index is 725. The van der Waals surface area contributed by atoms with E-state index in [1.54, 1.807) is 26.0 Å². The number of hydrogen-bond acceptors (Lipinski definition) is 4. The molecule has 0 unspecified atom stereocenters. The minimum atomic E-state index is -3.22. The average molecular weight is 354 g/mol. The molecule has 0 aromatic heterocycles. The second-order valence-corrected chi connectivity index (χ2v) is 9.22. The van der Waals surface area contributed by atoms with E-state index in [1.807, 2.05) is 0 Å². The molecule has 1 aromatic carbocycles. The molecular weight excluding hydrogens is 332 g/mol. The predicted molar refractivity (Wildman–Crippen MR) is 89.7 cm³/mol. The summed E-state index contributed by atoms with van der Waals surface area (Å²) in [5.41, 5.74) is 0.959. The highest BCUT2D eigenvalue weighted by atomic mass is 32.2. The number of nitrogens with zero attached hydrogens (tertiary/aromatic N) is 1. The Morgan fingerprint density at radius 3 is 2.42 bits per heavy atom.